The zero-order valence-electron chi connectivity index (χ0n) is 16.4. The number of aliphatic hydroxyl groups excluding tert-OH is 1. The van der Waals surface area contributed by atoms with Gasteiger partial charge in [-0.25, -0.2) is 18.4 Å². The third kappa shape index (κ3) is 5.02. The first-order valence-electron chi connectivity index (χ1n) is 8.88. The highest BCUT2D eigenvalue weighted by Crippen LogP contribution is 2.35. The fourth-order valence-corrected chi connectivity index (χ4v) is 4.09. The van der Waals surface area contributed by atoms with Crippen LogP contribution in [0.4, 0.5) is 5.82 Å². The number of methoxy groups -OCH3 is 1. The van der Waals surface area contributed by atoms with E-state index in [9.17, 15) is 8.42 Å². The van der Waals surface area contributed by atoms with E-state index < -0.39 is 10.0 Å². The maximum absolute atomic E-state index is 12.9. The molecule has 0 unspecified atom stereocenters. The molecule has 1 heterocycles. The van der Waals surface area contributed by atoms with E-state index in [0.717, 1.165) is 4.90 Å². The Morgan fingerprint density at radius 3 is 2.37 bits per heavy atom. The van der Waals surface area contributed by atoms with E-state index in [-0.39, 0.29) is 29.8 Å². The van der Waals surface area contributed by atoms with Crippen molar-refractivity contribution in [3.63, 3.8) is 0 Å². The van der Waals surface area contributed by atoms with E-state index in [1.807, 2.05) is 6.26 Å². The first kappa shape index (κ1) is 21.9. The van der Waals surface area contributed by atoms with Gasteiger partial charge in [0.15, 0.2) is 5.82 Å². The van der Waals surface area contributed by atoms with Crippen molar-refractivity contribution >= 4 is 27.6 Å². The molecule has 30 heavy (non-hydrogen) atoms. The van der Waals surface area contributed by atoms with Gasteiger partial charge in [-0.1, -0.05) is 12.1 Å². The highest BCUT2D eigenvalue weighted by molar-refractivity contribution is 7.98. The van der Waals surface area contributed by atoms with Crippen LogP contribution >= 0.6 is 11.8 Å². The summed E-state index contributed by atoms with van der Waals surface area (Å²) in [6.07, 6.45) is 3.12. The minimum atomic E-state index is -3.90. The smallest absolute Gasteiger partial charge is 0.263 e. The number of sulfonamides is 1. The molecule has 0 saturated carbocycles. The predicted molar refractivity (Wildman–Crippen MR) is 116 cm³/mol. The predicted octanol–water partition coefficient (Wildman–Crippen LogP) is 3.05. The van der Waals surface area contributed by atoms with Crippen LogP contribution in [0.15, 0.2) is 64.6 Å². The van der Waals surface area contributed by atoms with E-state index in [2.05, 4.69) is 14.7 Å². The van der Waals surface area contributed by atoms with Crippen LogP contribution in [0.1, 0.15) is 0 Å². The summed E-state index contributed by atoms with van der Waals surface area (Å²) >= 11 is 1.52. The zero-order valence-corrected chi connectivity index (χ0v) is 18.0. The molecule has 0 aliphatic heterocycles. The van der Waals surface area contributed by atoms with Gasteiger partial charge in [0.05, 0.1) is 24.2 Å². The molecule has 0 amide bonds. The summed E-state index contributed by atoms with van der Waals surface area (Å²) in [4.78, 5) is 9.30. The molecule has 10 heteroatoms. The van der Waals surface area contributed by atoms with Crippen molar-refractivity contribution in [3.8, 4) is 22.8 Å². The minimum absolute atomic E-state index is 0.00248. The Labute approximate surface area is 179 Å². The van der Waals surface area contributed by atoms with Crippen molar-refractivity contribution in [1.29, 1.82) is 0 Å². The summed E-state index contributed by atoms with van der Waals surface area (Å²) < 4.78 is 39.1. The van der Waals surface area contributed by atoms with Gasteiger partial charge in [0, 0.05) is 4.90 Å². The quantitative estimate of drug-likeness (QED) is 0.482. The number of nitrogens with one attached hydrogen (secondary N) is 1. The second kappa shape index (κ2) is 9.79. The van der Waals surface area contributed by atoms with Crippen molar-refractivity contribution in [2.75, 3.05) is 31.3 Å². The van der Waals surface area contributed by atoms with E-state index in [1.54, 1.807) is 43.5 Å². The van der Waals surface area contributed by atoms with Crippen molar-refractivity contribution in [2.45, 2.75) is 9.79 Å². The van der Waals surface area contributed by atoms with E-state index in [1.165, 1.54) is 30.2 Å². The summed E-state index contributed by atoms with van der Waals surface area (Å²) in [7, 11) is -2.34. The molecule has 0 aliphatic carbocycles. The van der Waals surface area contributed by atoms with Crippen LogP contribution in [0.2, 0.25) is 0 Å². The van der Waals surface area contributed by atoms with Crippen LogP contribution in [-0.4, -0.2) is 50.1 Å². The lowest BCUT2D eigenvalue weighted by molar-refractivity contribution is 0.197. The lowest BCUT2D eigenvalue weighted by Crippen LogP contribution is -2.16. The van der Waals surface area contributed by atoms with Crippen molar-refractivity contribution in [3.05, 3.63) is 54.9 Å². The Morgan fingerprint density at radius 1 is 1.07 bits per heavy atom. The normalized spacial score (nSPS) is 11.2. The van der Waals surface area contributed by atoms with Crippen LogP contribution in [0.3, 0.4) is 0 Å². The molecule has 0 radical (unpaired) electrons. The molecular formula is C20H21N3O5S2. The van der Waals surface area contributed by atoms with Crippen LogP contribution in [0, 0.1) is 0 Å². The van der Waals surface area contributed by atoms with Gasteiger partial charge in [0.2, 0.25) is 5.88 Å². The largest absolute Gasteiger partial charge is 0.497 e. The van der Waals surface area contributed by atoms with Gasteiger partial charge in [-0.2, -0.15) is 0 Å². The summed E-state index contributed by atoms with van der Waals surface area (Å²) in [5.74, 6) is 0.862. The number of ether oxygens (including phenoxy) is 2. The van der Waals surface area contributed by atoms with Crippen LogP contribution in [0.5, 0.6) is 11.6 Å². The molecule has 3 rings (SSSR count). The number of hydrogen-bond acceptors (Lipinski definition) is 8. The first-order valence-corrected chi connectivity index (χ1v) is 11.6. The lowest BCUT2D eigenvalue weighted by atomic mass is 10.1. The minimum Gasteiger partial charge on any atom is -0.497 e. The topological polar surface area (TPSA) is 111 Å². The SMILES string of the molecule is COc1ccc(-c2c(NS(=O)(=O)c3ccc(SC)cc3)ncnc2OCCO)cc1. The van der Waals surface area contributed by atoms with Crippen molar-refractivity contribution in [2.24, 2.45) is 0 Å². The first-order chi connectivity index (χ1) is 14.5. The number of aliphatic hydroxyl groups is 1. The third-order valence-electron chi connectivity index (χ3n) is 4.12. The monoisotopic (exact) mass is 447 g/mol. The molecule has 2 N–H and O–H groups in total. The van der Waals surface area contributed by atoms with Crippen LogP contribution in [0.25, 0.3) is 11.1 Å². The van der Waals surface area contributed by atoms with Crippen molar-refractivity contribution < 1.29 is 23.0 Å². The van der Waals surface area contributed by atoms with E-state index in [0.29, 0.717) is 16.9 Å². The van der Waals surface area contributed by atoms with Gasteiger partial charge in [-0.05, 0) is 48.2 Å². The summed E-state index contributed by atoms with van der Waals surface area (Å²) in [5.41, 5.74) is 0.984. The van der Waals surface area contributed by atoms with Gasteiger partial charge in [-0.3, -0.25) is 4.72 Å². The summed E-state index contributed by atoms with van der Waals surface area (Å²) in [5, 5.41) is 9.11. The molecule has 8 nitrogen and oxygen atoms in total. The number of benzene rings is 2. The second-order valence-corrected chi connectivity index (χ2v) is 8.55. The van der Waals surface area contributed by atoms with Crippen LogP contribution < -0.4 is 14.2 Å². The fourth-order valence-electron chi connectivity index (χ4n) is 2.66. The summed E-state index contributed by atoms with van der Waals surface area (Å²) in [6, 6.07) is 13.5. The Hall–Kier alpha value is -2.82. The Bertz CT molecular complexity index is 1090. The van der Waals surface area contributed by atoms with E-state index >= 15 is 0 Å². The van der Waals surface area contributed by atoms with Crippen molar-refractivity contribution in [1.82, 2.24) is 9.97 Å². The molecule has 0 atom stereocenters. The molecule has 0 bridgehead atoms. The Morgan fingerprint density at radius 2 is 1.77 bits per heavy atom. The maximum atomic E-state index is 12.9. The Balaban J connectivity index is 2.04. The van der Waals surface area contributed by atoms with Gasteiger partial charge in [-0.15, -0.1) is 11.8 Å². The average molecular weight is 448 g/mol. The number of thioether (sulfide) groups is 1. The Kier molecular flexibility index (Phi) is 7.14. The number of anilines is 1. The van der Waals surface area contributed by atoms with Gasteiger partial charge >= 0.3 is 0 Å². The molecule has 1 aromatic heterocycles. The third-order valence-corrected chi connectivity index (χ3v) is 6.22. The summed E-state index contributed by atoms with van der Waals surface area (Å²) in [6.45, 7) is -0.211. The molecule has 3 aromatic rings. The van der Waals surface area contributed by atoms with Gasteiger partial charge in [0.25, 0.3) is 10.0 Å². The standard InChI is InChI=1S/C20H21N3O5S2/c1-27-15-5-3-14(4-6-15)18-19(21-13-22-20(18)28-12-11-24)23-30(25,26)17-9-7-16(29-2)8-10-17/h3-10,13,24H,11-12H2,1-2H3,(H,21,22,23). The molecule has 2 aromatic carbocycles. The average Bonchev–Trinajstić information content (AvgIpc) is 2.77. The molecule has 0 saturated heterocycles. The molecule has 158 valence electrons. The lowest BCUT2D eigenvalue weighted by Gasteiger charge is -2.15. The molecule has 0 aliphatic rings. The number of hydrogen-bond donors (Lipinski definition) is 2. The zero-order chi connectivity index (χ0) is 21.6. The molecule has 0 fully saturated rings. The maximum Gasteiger partial charge on any atom is 0.263 e. The van der Waals surface area contributed by atoms with Gasteiger partial charge in [0.1, 0.15) is 18.7 Å². The molecule has 0 spiro atoms. The highest BCUT2D eigenvalue weighted by atomic mass is 32.2. The fraction of sp³-hybridized carbons (Fsp3) is 0.200. The van der Waals surface area contributed by atoms with E-state index in [4.69, 9.17) is 14.6 Å². The number of nitrogens with zero attached hydrogens (tertiary/aromatic N) is 2. The number of rotatable bonds is 9. The second-order valence-electron chi connectivity index (χ2n) is 5.98. The van der Waals surface area contributed by atoms with Gasteiger partial charge < -0.3 is 14.6 Å². The molecular weight excluding hydrogens is 426 g/mol. The van der Waals surface area contributed by atoms with Crippen LogP contribution in [-0.2, 0) is 10.0 Å². The number of aromatic nitrogens is 2. The highest BCUT2D eigenvalue weighted by Gasteiger charge is 2.21.